The molecule has 1 saturated carbocycles. The number of amides is 1. The zero-order chi connectivity index (χ0) is 17.8. The Bertz CT molecular complexity index is 601. The Labute approximate surface area is 154 Å². The molecule has 0 bridgehead atoms. The van der Waals surface area contributed by atoms with E-state index < -0.39 is 0 Å². The number of carbonyl (C=O) groups excluding carboxylic acids is 1. The van der Waals surface area contributed by atoms with Gasteiger partial charge in [0.15, 0.2) is 0 Å². The van der Waals surface area contributed by atoms with Crippen LogP contribution in [0.3, 0.4) is 0 Å². The van der Waals surface area contributed by atoms with Gasteiger partial charge in [0.25, 0.3) is 0 Å². The minimum atomic E-state index is -0.263. The number of benzene rings is 1. The largest absolute Gasteiger partial charge is 0.346 e. The van der Waals surface area contributed by atoms with Crippen molar-refractivity contribution in [2.45, 2.75) is 56.9 Å². The summed E-state index contributed by atoms with van der Waals surface area (Å²) >= 11 is 6.21. The first-order valence-corrected chi connectivity index (χ1v) is 9.83. The van der Waals surface area contributed by atoms with E-state index in [1.807, 2.05) is 18.0 Å². The highest BCUT2D eigenvalue weighted by Gasteiger charge is 2.25. The van der Waals surface area contributed by atoms with Crippen LogP contribution in [0.2, 0.25) is 5.02 Å². The van der Waals surface area contributed by atoms with Crippen LogP contribution in [0.25, 0.3) is 0 Å². The molecule has 2 fully saturated rings. The van der Waals surface area contributed by atoms with Crippen LogP contribution in [0.15, 0.2) is 18.2 Å². The summed E-state index contributed by atoms with van der Waals surface area (Å²) in [6, 6.07) is 5.13. The molecule has 0 spiro atoms. The fraction of sp³-hybridized carbons (Fsp3) is 0.650. The molecule has 1 aliphatic heterocycles. The third kappa shape index (κ3) is 4.95. The first-order chi connectivity index (χ1) is 12.0. The number of rotatable bonds is 5. The van der Waals surface area contributed by atoms with Gasteiger partial charge in [0, 0.05) is 31.1 Å². The molecular formula is C20H28ClFN2O. The Morgan fingerprint density at radius 2 is 2.00 bits per heavy atom. The second-order valence-corrected chi connectivity index (χ2v) is 8.04. The number of nitrogens with zero attached hydrogens (tertiary/aromatic N) is 1. The smallest absolute Gasteiger partial charge is 0.223 e. The zero-order valence-electron chi connectivity index (χ0n) is 14.9. The normalized spacial score (nSPS) is 27.6. The molecule has 25 heavy (non-hydrogen) atoms. The van der Waals surface area contributed by atoms with Crippen LogP contribution in [-0.4, -0.2) is 37.0 Å². The monoisotopic (exact) mass is 366 g/mol. The van der Waals surface area contributed by atoms with Crippen LogP contribution in [0.1, 0.15) is 56.4 Å². The number of hydrogen-bond acceptors (Lipinski definition) is 2. The highest BCUT2D eigenvalue weighted by molar-refractivity contribution is 6.31. The number of piperidine rings is 1. The van der Waals surface area contributed by atoms with E-state index in [0.29, 0.717) is 23.4 Å². The van der Waals surface area contributed by atoms with Gasteiger partial charge in [-0.25, -0.2) is 4.39 Å². The molecule has 1 aromatic carbocycles. The van der Waals surface area contributed by atoms with E-state index in [-0.39, 0.29) is 11.7 Å². The van der Waals surface area contributed by atoms with Crippen molar-refractivity contribution in [2.24, 2.45) is 5.92 Å². The molecule has 1 unspecified atom stereocenters. The lowest BCUT2D eigenvalue weighted by atomic mass is 9.77. The molecule has 1 N–H and O–H groups in total. The lowest BCUT2D eigenvalue weighted by molar-refractivity contribution is -0.132. The fourth-order valence-corrected chi connectivity index (χ4v) is 4.52. The summed E-state index contributed by atoms with van der Waals surface area (Å²) in [5.74, 6) is 1.19. The van der Waals surface area contributed by atoms with Crippen LogP contribution in [0.4, 0.5) is 4.39 Å². The Kier molecular flexibility index (Phi) is 6.34. The lowest BCUT2D eigenvalue weighted by Gasteiger charge is -2.31. The molecule has 1 amide bonds. The summed E-state index contributed by atoms with van der Waals surface area (Å²) in [6.45, 7) is 1.86. The maximum Gasteiger partial charge on any atom is 0.223 e. The number of halogens is 2. The van der Waals surface area contributed by atoms with Crippen molar-refractivity contribution in [1.82, 2.24) is 10.2 Å². The summed E-state index contributed by atoms with van der Waals surface area (Å²) in [5, 5.41) is 4.13. The van der Waals surface area contributed by atoms with E-state index in [1.165, 1.54) is 31.4 Å². The topological polar surface area (TPSA) is 32.3 Å². The molecule has 0 aromatic heterocycles. The molecule has 1 atom stereocenters. The molecule has 1 aliphatic carbocycles. The van der Waals surface area contributed by atoms with Gasteiger partial charge in [-0.1, -0.05) is 17.7 Å². The molecule has 0 radical (unpaired) electrons. The second-order valence-electron chi connectivity index (χ2n) is 7.63. The standard InChI is InChI=1S/C20H28ClFN2O/c1-24-11-9-17(13-20(24)25)23-10-8-14-2-4-15(5-3-14)18-7-6-16(22)12-19(18)21/h6-7,12,14-15,17,23H,2-5,8-11,13H2,1H3/t14-,15+,17?. The van der Waals surface area contributed by atoms with Crippen LogP contribution in [-0.2, 0) is 4.79 Å². The summed E-state index contributed by atoms with van der Waals surface area (Å²) in [5.41, 5.74) is 1.10. The summed E-state index contributed by atoms with van der Waals surface area (Å²) in [7, 11) is 1.88. The predicted molar refractivity (Wildman–Crippen MR) is 99.4 cm³/mol. The van der Waals surface area contributed by atoms with E-state index in [9.17, 15) is 9.18 Å². The second kappa shape index (κ2) is 8.50. The van der Waals surface area contributed by atoms with Gasteiger partial charge in [0.05, 0.1) is 0 Å². The highest BCUT2D eigenvalue weighted by Crippen LogP contribution is 2.39. The summed E-state index contributed by atoms with van der Waals surface area (Å²) in [6.07, 6.45) is 7.51. The zero-order valence-corrected chi connectivity index (χ0v) is 15.7. The number of likely N-dealkylation sites (tertiary alicyclic amines) is 1. The number of hydrogen-bond donors (Lipinski definition) is 1. The maximum absolute atomic E-state index is 13.2. The average molecular weight is 367 g/mol. The average Bonchev–Trinajstić information content (AvgIpc) is 2.59. The Hall–Kier alpha value is -1.13. The van der Waals surface area contributed by atoms with Crippen molar-refractivity contribution >= 4 is 17.5 Å². The highest BCUT2D eigenvalue weighted by atomic mass is 35.5. The van der Waals surface area contributed by atoms with E-state index in [1.54, 1.807) is 0 Å². The van der Waals surface area contributed by atoms with Crippen molar-refractivity contribution in [2.75, 3.05) is 20.1 Å². The summed E-state index contributed by atoms with van der Waals surface area (Å²) < 4.78 is 13.2. The first kappa shape index (κ1) is 18.7. The minimum Gasteiger partial charge on any atom is -0.346 e. The Balaban J connectivity index is 1.39. The van der Waals surface area contributed by atoms with Crippen LogP contribution in [0, 0.1) is 11.7 Å². The molecular weight excluding hydrogens is 339 g/mol. The maximum atomic E-state index is 13.2. The van der Waals surface area contributed by atoms with Gasteiger partial charge in [-0.3, -0.25) is 4.79 Å². The molecule has 1 aromatic rings. The lowest BCUT2D eigenvalue weighted by Crippen LogP contribution is -2.44. The molecule has 1 heterocycles. The third-order valence-electron chi connectivity index (χ3n) is 5.89. The first-order valence-electron chi connectivity index (χ1n) is 9.45. The van der Waals surface area contributed by atoms with Crippen LogP contribution >= 0.6 is 11.6 Å². The van der Waals surface area contributed by atoms with Gasteiger partial charge in [-0.15, -0.1) is 0 Å². The molecule has 2 aliphatic rings. The number of carbonyl (C=O) groups is 1. The Morgan fingerprint density at radius 3 is 2.68 bits per heavy atom. The van der Waals surface area contributed by atoms with Crippen molar-refractivity contribution in [3.8, 4) is 0 Å². The van der Waals surface area contributed by atoms with Crippen molar-refractivity contribution < 1.29 is 9.18 Å². The number of nitrogens with one attached hydrogen (secondary N) is 1. The van der Waals surface area contributed by atoms with E-state index >= 15 is 0 Å². The molecule has 3 rings (SSSR count). The van der Waals surface area contributed by atoms with Crippen molar-refractivity contribution in [3.63, 3.8) is 0 Å². The SMILES string of the molecule is CN1CCC(NCC[C@H]2CC[C@@H](c3ccc(F)cc3Cl)CC2)CC1=O. The molecule has 5 heteroatoms. The Morgan fingerprint density at radius 1 is 1.24 bits per heavy atom. The minimum absolute atomic E-state index is 0.250. The molecule has 138 valence electrons. The van der Waals surface area contributed by atoms with Gasteiger partial charge in [-0.2, -0.15) is 0 Å². The van der Waals surface area contributed by atoms with Gasteiger partial charge >= 0.3 is 0 Å². The van der Waals surface area contributed by atoms with Gasteiger partial charge in [0.1, 0.15) is 5.82 Å². The molecule has 3 nitrogen and oxygen atoms in total. The summed E-state index contributed by atoms with van der Waals surface area (Å²) in [4.78, 5) is 13.6. The van der Waals surface area contributed by atoms with Crippen LogP contribution in [0.5, 0.6) is 0 Å². The van der Waals surface area contributed by atoms with Crippen molar-refractivity contribution in [1.29, 1.82) is 0 Å². The van der Waals surface area contributed by atoms with Gasteiger partial charge in [-0.05, 0) is 74.6 Å². The van der Waals surface area contributed by atoms with Gasteiger partial charge in [0.2, 0.25) is 5.91 Å². The van der Waals surface area contributed by atoms with Crippen LogP contribution < -0.4 is 5.32 Å². The van der Waals surface area contributed by atoms with Gasteiger partial charge < -0.3 is 10.2 Å². The predicted octanol–water partition coefficient (Wildman–Crippen LogP) is 4.35. The van der Waals surface area contributed by atoms with Crippen molar-refractivity contribution in [3.05, 3.63) is 34.6 Å². The van der Waals surface area contributed by atoms with E-state index in [2.05, 4.69) is 5.32 Å². The fourth-order valence-electron chi connectivity index (χ4n) is 4.20. The molecule has 1 saturated heterocycles. The quantitative estimate of drug-likeness (QED) is 0.840. The third-order valence-corrected chi connectivity index (χ3v) is 6.22. The van der Waals surface area contributed by atoms with E-state index in [4.69, 9.17) is 11.6 Å². The van der Waals surface area contributed by atoms with E-state index in [0.717, 1.165) is 43.8 Å².